The molecule has 0 aliphatic heterocycles. The maximum Gasteiger partial charge on any atom is 0.261 e. The lowest BCUT2D eigenvalue weighted by atomic mass is 10.3. The van der Waals surface area contributed by atoms with Crippen molar-refractivity contribution >= 4 is 5.91 Å². The molecule has 0 atom stereocenters. The van der Waals surface area contributed by atoms with E-state index < -0.39 is 11.6 Å². The topological polar surface area (TPSA) is 62.0 Å². The van der Waals surface area contributed by atoms with E-state index in [1.165, 1.54) is 20.8 Å². The second-order valence-corrected chi connectivity index (χ2v) is 2.21. The maximum atomic E-state index is 10.1. The van der Waals surface area contributed by atoms with E-state index in [4.69, 9.17) is 5.11 Å². The van der Waals surface area contributed by atoms with Gasteiger partial charge in [0, 0.05) is 6.92 Å². The fourth-order valence-corrected chi connectivity index (χ4v) is 0.193. The van der Waals surface area contributed by atoms with Crippen LogP contribution in [0.25, 0.3) is 0 Å². The van der Waals surface area contributed by atoms with Crippen LogP contribution >= 0.6 is 0 Å². The molecule has 4 nitrogen and oxygen atoms in total. The van der Waals surface area contributed by atoms with E-state index in [0.29, 0.717) is 0 Å². The lowest BCUT2D eigenvalue weighted by Gasteiger charge is -2.06. The standard InChI is InChI=1S/C5H10N2O2/c1-4(8)6-7-5(2,3)9/h9H,1-3H3/b7-6+. The minimum Gasteiger partial charge on any atom is -0.368 e. The van der Waals surface area contributed by atoms with Gasteiger partial charge < -0.3 is 5.11 Å². The number of carbonyl (C=O) groups excluding carboxylic acids is 1. The van der Waals surface area contributed by atoms with Gasteiger partial charge in [0.1, 0.15) is 0 Å². The van der Waals surface area contributed by atoms with Crippen LogP contribution in [0.5, 0.6) is 0 Å². The Labute approximate surface area is 53.6 Å². The molecule has 0 spiro atoms. The molecule has 0 saturated heterocycles. The summed E-state index contributed by atoms with van der Waals surface area (Å²) < 4.78 is 0. The van der Waals surface area contributed by atoms with Crippen molar-refractivity contribution in [2.24, 2.45) is 10.2 Å². The lowest BCUT2D eigenvalue weighted by Crippen LogP contribution is -2.13. The molecule has 0 aliphatic carbocycles. The van der Waals surface area contributed by atoms with Crippen molar-refractivity contribution < 1.29 is 9.90 Å². The first-order chi connectivity index (χ1) is 3.92. The van der Waals surface area contributed by atoms with Gasteiger partial charge in [-0.05, 0) is 13.8 Å². The zero-order valence-corrected chi connectivity index (χ0v) is 5.75. The summed E-state index contributed by atoms with van der Waals surface area (Å²) in [7, 11) is 0. The molecular formula is C5H10N2O2. The molecule has 9 heavy (non-hydrogen) atoms. The molecule has 4 heteroatoms. The van der Waals surface area contributed by atoms with Crippen LogP contribution in [0.3, 0.4) is 0 Å². The minimum atomic E-state index is -1.23. The molecule has 0 unspecified atom stereocenters. The summed E-state index contributed by atoms with van der Waals surface area (Å²) in [6.07, 6.45) is 0. The second kappa shape index (κ2) is 2.68. The Morgan fingerprint density at radius 2 is 2.00 bits per heavy atom. The third-order valence-electron chi connectivity index (χ3n) is 0.436. The Morgan fingerprint density at radius 3 is 2.11 bits per heavy atom. The van der Waals surface area contributed by atoms with Crippen molar-refractivity contribution in [2.75, 3.05) is 0 Å². The van der Waals surface area contributed by atoms with Crippen LogP contribution in [0.2, 0.25) is 0 Å². The number of hydrogen-bond acceptors (Lipinski definition) is 3. The molecule has 0 bridgehead atoms. The Bertz CT molecular complexity index is 134. The molecule has 0 aliphatic rings. The first-order valence-corrected chi connectivity index (χ1v) is 2.57. The number of azo groups is 1. The molecular weight excluding hydrogens is 120 g/mol. The van der Waals surface area contributed by atoms with Gasteiger partial charge in [-0.2, -0.15) is 5.11 Å². The van der Waals surface area contributed by atoms with Crippen molar-refractivity contribution in [2.45, 2.75) is 26.5 Å². The monoisotopic (exact) mass is 130 g/mol. The second-order valence-electron chi connectivity index (χ2n) is 2.21. The van der Waals surface area contributed by atoms with Crippen molar-refractivity contribution in [1.29, 1.82) is 0 Å². The SMILES string of the molecule is CC(=O)/N=N/C(C)(C)O. The van der Waals surface area contributed by atoms with Crippen molar-refractivity contribution in [3.05, 3.63) is 0 Å². The highest BCUT2D eigenvalue weighted by atomic mass is 16.3. The van der Waals surface area contributed by atoms with Gasteiger partial charge in [-0.1, -0.05) is 0 Å². The summed E-state index contributed by atoms with van der Waals surface area (Å²) in [4.78, 5) is 10.1. The highest BCUT2D eigenvalue weighted by molar-refractivity contribution is 5.73. The van der Waals surface area contributed by atoms with Gasteiger partial charge >= 0.3 is 0 Å². The summed E-state index contributed by atoms with van der Waals surface area (Å²) in [5.74, 6) is -0.405. The third kappa shape index (κ3) is 7.23. The number of aliphatic hydroxyl groups is 1. The summed E-state index contributed by atoms with van der Waals surface area (Å²) in [6, 6.07) is 0. The van der Waals surface area contributed by atoms with E-state index in [1.54, 1.807) is 0 Å². The molecule has 0 aromatic rings. The van der Waals surface area contributed by atoms with Crippen molar-refractivity contribution in [3.8, 4) is 0 Å². The minimum absolute atomic E-state index is 0.405. The van der Waals surface area contributed by atoms with Gasteiger partial charge in [0.05, 0.1) is 0 Å². The molecule has 0 saturated carbocycles. The number of nitrogens with zero attached hydrogens (tertiary/aromatic N) is 2. The smallest absolute Gasteiger partial charge is 0.261 e. The van der Waals surface area contributed by atoms with E-state index in [0.717, 1.165) is 0 Å². The average molecular weight is 130 g/mol. The Morgan fingerprint density at radius 1 is 1.56 bits per heavy atom. The van der Waals surface area contributed by atoms with E-state index in [9.17, 15) is 4.79 Å². The van der Waals surface area contributed by atoms with E-state index in [1.807, 2.05) is 0 Å². The lowest BCUT2D eigenvalue weighted by molar-refractivity contribution is -0.116. The average Bonchev–Trinajstić information content (AvgIpc) is 1.59. The maximum absolute atomic E-state index is 10.1. The molecule has 0 aromatic heterocycles. The van der Waals surface area contributed by atoms with Crippen LogP contribution in [0.4, 0.5) is 0 Å². The molecule has 0 rings (SSSR count). The quantitative estimate of drug-likeness (QED) is 0.531. The van der Waals surface area contributed by atoms with Crippen LogP contribution in [0, 0.1) is 0 Å². The van der Waals surface area contributed by atoms with E-state index >= 15 is 0 Å². The normalized spacial score (nSPS) is 12.4. The third-order valence-corrected chi connectivity index (χ3v) is 0.436. The van der Waals surface area contributed by atoms with Gasteiger partial charge in [0.25, 0.3) is 5.91 Å². The first kappa shape index (κ1) is 8.23. The molecule has 0 radical (unpaired) electrons. The van der Waals surface area contributed by atoms with Gasteiger partial charge in [-0.15, -0.1) is 5.11 Å². The van der Waals surface area contributed by atoms with Crippen LogP contribution in [-0.2, 0) is 4.79 Å². The molecule has 0 aromatic carbocycles. The largest absolute Gasteiger partial charge is 0.368 e. The van der Waals surface area contributed by atoms with Gasteiger partial charge in [0.2, 0.25) is 0 Å². The molecule has 0 heterocycles. The van der Waals surface area contributed by atoms with Gasteiger partial charge in [-0.3, -0.25) is 4.79 Å². The van der Waals surface area contributed by atoms with Crippen LogP contribution in [-0.4, -0.2) is 16.7 Å². The summed E-state index contributed by atoms with van der Waals surface area (Å²) in [6.45, 7) is 4.16. The van der Waals surface area contributed by atoms with Crippen LogP contribution < -0.4 is 0 Å². The summed E-state index contributed by atoms with van der Waals surface area (Å²) in [5.41, 5.74) is -1.23. The predicted octanol–water partition coefficient (Wildman–Crippen LogP) is 0.714. The highest BCUT2D eigenvalue weighted by Gasteiger charge is 2.08. The molecule has 1 N–H and O–H groups in total. The van der Waals surface area contributed by atoms with Crippen LogP contribution in [0.15, 0.2) is 10.2 Å². The van der Waals surface area contributed by atoms with Crippen molar-refractivity contribution in [1.82, 2.24) is 0 Å². The highest BCUT2D eigenvalue weighted by Crippen LogP contribution is 2.02. The van der Waals surface area contributed by atoms with Gasteiger partial charge in [0.15, 0.2) is 5.72 Å². The van der Waals surface area contributed by atoms with E-state index in [-0.39, 0.29) is 0 Å². The van der Waals surface area contributed by atoms with Crippen molar-refractivity contribution in [3.63, 3.8) is 0 Å². The predicted molar refractivity (Wildman–Crippen MR) is 31.8 cm³/mol. The van der Waals surface area contributed by atoms with E-state index in [2.05, 4.69) is 10.2 Å². The molecule has 52 valence electrons. The van der Waals surface area contributed by atoms with Gasteiger partial charge in [-0.25, -0.2) is 0 Å². The zero-order valence-electron chi connectivity index (χ0n) is 5.75. The summed E-state index contributed by atoms with van der Waals surface area (Å²) in [5, 5.41) is 15.3. The number of rotatable bonds is 1. The zero-order chi connectivity index (χ0) is 7.49. The Balaban J connectivity index is 3.86. The number of amides is 1. The molecule has 0 fully saturated rings. The number of hydrogen-bond donors (Lipinski definition) is 1. The first-order valence-electron chi connectivity index (χ1n) is 2.57. The fraction of sp³-hybridized carbons (Fsp3) is 0.800. The van der Waals surface area contributed by atoms with Crippen LogP contribution in [0.1, 0.15) is 20.8 Å². The Kier molecular flexibility index (Phi) is 2.45. The summed E-state index contributed by atoms with van der Waals surface area (Å²) >= 11 is 0. The fourth-order valence-electron chi connectivity index (χ4n) is 0.193. The molecule has 1 amide bonds. The number of carbonyl (C=O) groups is 1. The Hall–Kier alpha value is -0.770.